The number of halogens is 2. The van der Waals surface area contributed by atoms with Crippen molar-refractivity contribution in [3.8, 4) is 0 Å². The SMILES string of the molecule is COC(=O)C(CNC(=O)CNC(=O)c1cccc(N)c1)NC(=O)c1c(Cl)cccc1Cl. The molecule has 164 valence electrons. The van der Waals surface area contributed by atoms with E-state index in [4.69, 9.17) is 28.9 Å². The predicted octanol–water partition coefficient (Wildman–Crippen LogP) is 1.39. The highest BCUT2D eigenvalue weighted by Gasteiger charge is 2.25. The third-order valence-corrected chi connectivity index (χ3v) is 4.67. The number of carbonyl (C=O) groups excluding carboxylic acids is 4. The number of amides is 3. The first kappa shape index (κ1) is 24.0. The van der Waals surface area contributed by atoms with Gasteiger partial charge in [-0.25, -0.2) is 4.79 Å². The second-order valence-corrected chi connectivity index (χ2v) is 7.07. The Morgan fingerprint density at radius 3 is 2.26 bits per heavy atom. The van der Waals surface area contributed by atoms with Gasteiger partial charge in [0.25, 0.3) is 11.8 Å². The third-order valence-electron chi connectivity index (χ3n) is 4.04. The molecule has 9 nitrogen and oxygen atoms in total. The molecule has 0 aromatic heterocycles. The van der Waals surface area contributed by atoms with Crippen molar-refractivity contribution in [2.75, 3.05) is 25.9 Å². The summed E-state index contributed by atoms with van der Waals surface area (Å²) >= 11 is 12.0. The second kappa shape index (κ2) is 11.2. The molecule has 0 bridgehead atoms. The summed E-state index contributed by atoms with van der Waals surface area (Å²) in [4.78, 5) is 48.6. The molecule has 31 heavy (non-hydrogen) atoms. The van der Waals surface area contributed by atoms with E-state index in [1.54, 1.807) is 24.3 Å². The van der Waals surface area contributed by atoms with Crippen LogP contribution in [0.3, 0.4) is 0 Å². The Kier molecular flexibility index (Phi) is 8.65. The van der Waals surface area contributed by atoms with E-state index in [0.717, 1.165) is 7.11 Å². The van der Waals surface area contributed by atoms with Gasteiger partial charge in [0.1, 0.15) is 6.04 Å². The molecule has 2 aromatic rings. The molecule has 3 amide bonds. The highest BCUT2D eigenvalue weighted by Crippen LogP contribution is 2.24. The number of methoxy groups -OCH3 is 1. The van der Waals surface area contributed by atoms with Crippen LogP contribution in [0.15, 0.2) is 42.5 Å². The standard InChI is InChI=1S/C20H20Cl2N4O5/c1-31-20(30)15(26-19(29)17-13(21)6-3-7-14(17)22)9-24-16(27)10-25-18(28)11-4-2-5-12(23)8-11/h2-8,15H,9-10,23H2,1H3,(H,24,27)(H,25,28)(H,26,29). The van der Waals surface area contributed by atoms with Crippen molar-refractivity contribution in [3.05, 3.63) is 63.6 Å². The summed E-state index contributed by atoms with van der Waals surface area (Å²) < 4.78 is 4.66. The van der Waals surface area contributed by atoms with Crippen LogP contribution in [0, 0.1) is 0 Å². The number of benzene rings is 2. The molecule has 0 aliphatic heterocycles. The van der Waals surface area contributed by atoms with E-state index in [0.29, 0.717) is 11.3 Å². The fraction of sp³-hybridized carbons (Fsp3) is 0.200. The van der Waals surface area contributed by atoms with Gasteiger partial charge < -0.3 is 26.4 Å². The Balaban J connectivity index is 1.94. The van der Waals surface area contributed by atoms with Gasteiger partial charge in [-0.1, -0.05) is 35.3 Å². The summed E-state index contributed by atoms with van der Waals surface area (Å²) in [5.41, 5.74) is 6.31. The minimum atomic E-state index is -1.21. The molecule has 2 aromatic carbocycles. The van der Waals surface area contributed by atoms with Gasteiger partial charge in [-0.3, -0.25) is 14.4 Å². The Hall–Kier alpha value is -3.30. The van der Waals surface area contributed by atoms with Crippen LogP contribution in [0.25, 0.3) is 0 Å². The topological polar surface area (TPSA) is 140 Å². The first-order chi connectivity index (χ1) is 14.7. The summed E-state index contributed by atoms with van der Waals surface area (Å²) in [5, 5.41) is 7.49. The van der Waals surface area contributed by atoms with E-state index < -0.39 is 29.7 Å². The number of nitrogens with two attached hydrogens (primary N) is 1. The van der Waals surface area contributed by atoms with E-state index >= 15 is 0 Å². The van der Waals surface area contributed by atoms with Gasteiger partial charge in [-0.15, -0.1) is 0 Å². The number of anilines is 1. The van der Waals surface area contributed by atoms with Crippen molar-refractivity contribution in [1.82, 2.24) is 16.0 Å². The van der Waals surface area contributed by atoms with Crippen LogP contribution >= 0.6 is 23.2 Å². The third kappa shape index (κ3) is 6.87. The van der Waals surface area contributed by atoms with Gasteiger partial charge >= 0.3 is 5.97 Å². The number of carbonyl (C=O) groups is 4. The van der Waals surface area contributed by atoms with Gasteiger partial charge in [-0.2, -0.15) is 0 Å². The number of rotatable bonds is 8. The minimum absolute atomic E-state index is 0.0135. The summed E-state index contributed by atoms with van der Waals surface area (Å²) in [5.74, 6) is -2.58. The van der Waals surface area contributed by atoms with Crippen molar-refractivity contribution < 1.29 is 23.9 Å². The zero-order chi connectivity index (χ0) is 23.0. The zero-order valence-electron chi connectivity index (χ0n) is 16.4. The molecule has 0 heterocycles. The average molecular weight is 467 g/mol. The highest BCUT2D eigenvalue weighted by molar-refractivity contribution is 6.39. The van der Waals surface area contributed by atoms with Crippen molar-refractivity contribution in [2.45, 2.75) is 6.04 Å². The molecule has 5 N–H and O–H groups in total. The zero-order valence-corrected chi connectivity index (χ0v) is 17.9. The molecule has 0 aliphatic rings. The first-order valence-electron chi connectivity index (χ1n) is 8.96. The Morgan fingerprint density at radius 1 is 1.00 bits per heavy atom. The van der Waals surface area contributed by atoms with Crippen LogP contribution in [0.5, 0.6) is 0 Å². The molecule has 0 radical (unpaired) electrons. The van der Waals surface area contributed by atoms with Crippen LogP contribution in [0.2, 0.25) is 10.0 Å². The van der Waals surface area contributed by atoms with Gasteiger partial charge in [0.15, 0.2) is 0 Å². The Labute approximate surface area is 188 Å². The number of hydrogen-bond donors (Lipinski definition) is 4. The van der Waals surface area contributed by atoms with Crippen molar-refractivity contribution in [1.29, 1.82) is 0 Å². The fourth-order valence-electron chi connectivity index (χ4n) is 2.50. The lowest BCUT2D eigenvalue weighted by atomic mass is 10.2. The molecule has 1 unspecified atom stereocenters. The largest absolute Gasteiger partial charge is 0.467 e. The predicted molar refractivity (Wildman–Crippen MR) is 116 cm³/mol. The van der Waals surface area contributed by atoms with E-state index in [1.165, 1.54) is 18.2 Å². The summed E-state index contributed by atoms with van der Waals surface area (Å²) in [6.07, 6.45) is 0. The molecular weight excluding hydrogens is 447 g/mol. The molecule has 11 heteroatoms. The number of esters is 1. The lowest BCUT2D eigenvalue weighted by Crippen LogP contribution is -2.50. The van der Waals surface area contributed by atoms with E-state index in [9.17, 15) is 19.2 Å². The highest BCUT2D eigenvalue weighted by atomic mass is 35.5. The average Bonchev–Trinajstić information content (AvgIpc) is 2.74. The number of ether oxygens (including phenoxy) is 1. The van der Waals surface area contributed by atoms with Crippen LogP contribution in [-0.4, -0.2) is 49.9 Å². The summed E-state index contributed by atoms with van der Waals surface area (Å²) in [6, 6.07) is 9.55. The van der Waals surface area contributed by atoms with Crippen molar-refractivity contribution in [3.63, 3.8) is 0 Å². The monoisotopic (exact) mass is 466 g/mol. The Bertz CT molecular complexity index is 979. The molecule has 0 spiro atoms. The minimum Gasteiger partial charge on any atom is -0.467 e. The normalized spacial score (nSPS) is 11.2. The van der Waals surface area contributed by atoms with Crippen LogP contribution < -0.4 is 21.7 Å². The Morgan fingerprint density at radius 2 is 1.65 bits per heavy atom. The molecule has 0 fully saturated rings. The summed E-state index contributed by atoms with van der Waals surface area (Å²) in [6.45, 7) is -0.640. The number of nitrogen functional groups attached to an aromatic ring is 1. The lowest BCUT2D eigenvalue weighted by Gasteiger charge is -2.18. The molecule has 0 saturated carbocycles. The number of hydrogen-bond acceptors (Lipinski definition) is 6. The smallest absolute Gasteiger partial charge is 0.330 e. The maximum atomic E-state index is 12.5. The first-order valence-corrected chi connectivity index (χ1v) is 9.71. The molecule has 0 aliphatic carbocycles. The van der Waals surface area contributed by atoms with E-state index in [2.05, 4.69) is 20.7 Å². The second-order valence-electron chi connectivity index (χ2n) is 6.26. The lowest BCUT2D eigenvalue weighted by molar-refractivity contribution is -0.142. The van der Waals surface area contributed by atoms with Crippen LogP contribution in [0.4, 0.5) is 5.69 Å². The van der Waals surface area contributed by atoms with E-state index in [1.807, 2.05) is 0 Å². The number of nitrogens with one attached hydrogen (secondary N) is 3. The van der Waals surface area contributed by atoms with Crippen molar-refractivity contribution >= 4 is 52.6 Å². The molecule has 0 saturated heterocycles. The maximum Gasteiger partial charge on any atom is 0.330 e. The van der Waals surface area contributed by atoms with Gasteiger partial charge in [0.2, 0.25) is 5.91 Å². The van der Waals surface area contributed by atoms with Gasteiger partial charge in [-0.05, 0) is 30.3 Å². The van der Waals surface area contributed by atoms with Gasteiger partial charge in [0, 0.05) is 17.8 Å². The van der Waals surface area contributed by atoms with Crippen LogP contribution in [0.1, 0.15) is 20.7 Å². The van der Waals surface area contributed by atoms with Gasteiger partial charge in [0.05, 0.1) is 29.3 Å². The van der Waals surface area contributed by atoms with Crippen LogP contribution in [-0.2, 0) is 14.3 Å². The fourth-order valence-corrected chi connectivity index (χ4v) is 3.07. The quantitative estimate of drug-likeness (QED) is 0.342. The molecule has 1 atom stereocenters. The van der Waals surface area contributed by atoms with Crippen molar-refractivity contribution in [2.24, 2.45) is 0 Å². The van der Waals surface area contributed by atoms with E-state index in [-0.39, 0.29) is 28.7 Å². The molecule has 2 rings (SSSR count). The molecular formula is C20H20Cl2N4O5. The maximum absolute atomic E-state index is 12.5. The summed E-state index contributed by atoms with van der Waals surface area (Å²) in [7, 11) is 1.14.